The van der Waals surface area contributed by atoms with E-state index < -0.39 is 0 Å². The third kappa shape index (κ3) is 3.12. The lowest BCUT2D eigenvalue weighted by atomic mass is 9.81. The first-order valence-electron chi connectivity index (χ1n) is 8.07. The van der Waals surface area contributed by atoms with Crippen molar-refractivity contribution in [2.24, 2.45) is 11.8 Å². The van der Waals surface area contributed by atoms with Crippen LogP contribution in [0.5, 0.6) is 0 Å². The van der Waals surface area contributed by atoms with E-state index >= 15 is 0 Å². The largest absolute Gasteiger partial charge is 0.378 e. The Morgan fingerprint density at radius 1 is 0.810 bits per heavy atom. The molecular formula is C16H24N2O3. The summed E-state index contributed by atoms with van der Waals surface area (Å²) in [5.41, 5.74) is 0. The van der Waals surface area contributed by atoms with Gasteiger partial charge in [0.25, 0.3) is 0 Å². The Labute approximate surface area is 125 Å². The zero-order valence-corrected chi connectivity index (χ0v) is 12.5. The summed E-state index contributed by atoms with van der Waals surface area (Å²) in [5.74, 6) is -0.0201. The van der Waals surface area contributed by atoms with Crippen molar-refractivity contribution in [2.75, 3.05) is 39.4 Å². The van der Waals surface area contributed by atoms with E-state index in [9.17, 15) is 9.59 Å². The van der Waals surface area contributed by atoms with Gasteiger partial charge in [-0.1, -0.05) is 12.2 Å². The number of carbonyl (C=O) groups is 2. The summed E-state index contributed by atoms with van der Waals surface area (Å²) >= 11 is 0. The quantitative estimate of drug-likeness (QED) is 0.715. The predicted molar refractivity (Wildman–Crippen MR) is 78.6 cm³/mol. The van der Waals surface area contributed by atoms with Crippen LogP contribution in [0.2, 0.25) is 0 Å². The first-order chi connectivity index (χ1) is 10.3. The minimum Gasteiger partial charge on any atom is -0.378 e. The fourth-order valence-electron chi connectivity index (χ4n) is 3.55. The second-order valence-electron chi connectivity index (χ2n) is 6.13. The van der Waals surface area contributed by atoms with Crippen molar-refractivity contribution in [3.05, 3.63) is 12.2 Å². The zero-order chi connectivity index (χ0) is 14.7. The Morgan fingerprint density at radius 2 is 1.29 bits per heavy atom. The number of nitrogens with zero attached hydrogens (tertiary/aromatic N) is 2. The summed E-state index contributed by atoms with van der Waals surface area (Å²) in [4.78, 5) is 29.3. The molecule has 2 amide bonds. The van der Waals surface area contributed by atoms with Crippen LogP contribution in [-0.2, 0) is 14.3 Å². The first-order valence-corrected chi connectivity index (χ1v) is 8.07. The van der Waals surface area contributed by atoms with Crippen LogP contribution in [0.25, 0.3) is 0 Å². The molecule has 3 aliphatic rings. The maximum absolute atomic E-state index is 12.7. The minimum atomic E-state index is -0.179. The van der Waals surface area contributed by atoms with E-state index in [2.05, 4.69) is 12.2 Å². The molecule has 0 bridgehead atoms. The molecule has 5 nitrogen and oxygen atoms in total. The van der Waals surface area contributed by atoms with E-state index in [0.29, 0.717) is 39.1 Å². The van der Waals surface area contributed by atoms with Crippen molar-refractivity contribution in [3.63, 3.8) is 0 Å². The van der Waals surface area contributed by atoms with Gasteiger partial charge in [0.15, 0.2) is 0 Å². The van der Waals surface area contributed by atoms with Gasteiger partial charge in [0.1, 0.15) is 0 Å². The van der Waals surface area contributed by atoms with Crippen LogP contribution in [0.4, 0.5) is 0 Å². The number of ether oxygens (including phenoxy) is 1. The lowest BCUT2D eigenvalue weighted by Gasteiger charge is -2.35. The zero-order valence-electron chi connectivity index (χ0n) is 12.5. The van der Waals surface area contributed by atoms with Gasteiger partial charge >= 0.3 is 0 Å². The van der Waals surface area contributed by atoms with E-state index in [1.165, 1.54) is 0 Å². The van der Waals surface area contributed by atoms with Crippen LogP contribution < -0.4 is 0 Å². The molecule has 2 unspecified atom stereocenters. The summed E-state index contributed by atoms with van der Waals surface area (Å²) in [6, 6.07) is 0. The number of allylic oxidation sites excluding steroid dienone is 2. The van der Waals surface area contributed by atoms with Crippen molar-refractivity contribution in [3.8, 4) is 0 Å². The summed E-state index contributed by atoms with van der Waals surface area (Å²) in [5, 5.41) is 0. The molecule has 1 aliphatic carbocycles. The molecule has 21 heavy (non-hydrogen) atoms. The van der Waals surface area contributed by atoms with E-state index in [1.54, 1.807) is 0 Å². The number of hydrogen-bond donors (Lipinski definition) is 0. The molecule has 0 spiro atoms. The number of likely N-dealkylation sites (tertiary alicyclic amines) is 1. The maximum Gasteiger partial charge on any atom is 0.226 e. The number of morpholine rings is 1. The Balaban J connectivity index is 1.70. The van der Waals surface area contributed by atoms with Crippen LogP contribution in [0.1, 0.15) is 25.7 Å². The molecule has 116 valence electrons. The van der Waals surface area contributed by atoms with Crippen molar-refractivity contribution >= 4 is 11.8 Å². The molecular weight excluding hydrogens is 268 g/mol. The molecule has 2 fully saturated rings. The van der Waals surface area contributed by atoms with Gasteiger partial charge in [0.05, 0.1) is 25.0 Å². The molecule has 0 saturated carbocycles. The van der Waals surface area contributed by atoms with Crippen LogP contribution in [-0.4, -0.2) is 61.0 Å². The van der Waals surface area contributed by atoms with Gasteiger partial charge < -0.3 is 14.5 Å². The van der Waals surface area contributed by atoms with Crippen LogP contribution >= 0.6 is 0 Å². The second kappa shape index (κ2) is 6.60. The predicted octanol–water partition coefficient (Wildman–Crippen LogP) is 1.05. The molecule has 2 atom stereocenters. The van der Waals surface area contributed by atoms with Gasteiger partial charge in [-0.2, -0.15) is 0 Å². The summed E-state index contributed by atoms with van der Waals surface area (Å²) in [6.07, 6.45) is 7.70. The monoisotopic (exact) mass is 292 g/mol. The van der Waals surface area contributed by atoms with Gasteiger partial charge in [-0.05, 0) is 25.7 Å². The van der Waals surface area contributed by atoms with Crippen molar-refractivity contribution in [1.82, 2.24) is 9.80 Å². The van der Waals surface area contributed by atoms with Gasteiger partial charge in [0, 0.05) is 26.2 Å². The normalized spacial score (nSPS) is 29.7. The number of amides is 2. The third-order valence-electron chi connectivity index (χ3n) is 4.81. The maximum atomic E-state index is 12.7. The van der Waals surface area contributed by atoms with Gasteiger partial charge in [-0.3, -0.25) is 9.59 Å². The molecule has 0 radical (unpaired) electrons. The highest BCUT2D eigenvalue weighted by molar-refractivity contribution is 5.88. The van der Waals surface area contributed by atoms with Crippen molar-refractivity contribution in [1.29, 1.82) is 0 Å². The molecule has 0 aromatic rings. The molecule has 0 aromatic heterocycles. The van der Waals surface area contributed by atoms with Crippen LogP contribution in [0.3, 0.4) is 0 Å². The van der Waals surface area contributed by atoms with Crippen molar-refractivity contribution in [2.45, 2.75) is 25.7 Å². The number of carbonyl (C=O) groups excluding carboxylic acids is 2. The van der Waals surface area contributed by atoms with E-state index in [1.807, 2.05) is 9.80 Å². The highest BCUT2D eigenvalue weighted by atomic mass is 16.5. The molecule has 2 saturated heterocycles. The molecule has 2 aliphatic heterocycles. The Bertz CT molecular complexity index is 423. The smallest absolute Gasteiger partial charge is 0.226 e. The van der Waals surface area contributed by atoms with Gasteiger partial charge in [-0.25, -0.2) is 0 Å². The summed E-state index contributed by atoms with van der Waals surface area (Å²) in [7, 11) is 0. The number of hydrogen-bond acceptors (Lipinski definition) is 3. The lowest BCUT2D eigenvalue weighted by molar-refractivity contribution is -0.148. The molecule has 0 N–H and O–H groups in total. The minimum absolute atomic E-state index is 0.139. The van der Waals surface area contributed by atoms with Crippen LogP contribution in [0.15, 0.2) is 12.2 Å². The van der Waals surface area contributed by atoms with E-state index in [0.717, 1.165) is 25.9 Å². The Kier molecular flexibility index (Phi) is 4.58. The van der Waals surface area contributed by atoms with E-state index in [4.69, 9.17) is 4.74 Å². The highest BCUT2D eigenvalue weighted by Gasteiger charge is 2.38. The summed E-state index contributed by atoms with van der Waals surface area (Å²) in [6.45, 7) is 4.25. The van der Waals surface area contributed by atoms with Gasteiger partial charge in [0.2, 0.25) is 11.8 Å². The summed E-state index contributed by atoms with van der Waals surface area (Å²) < 4.78 is 5.31. The topological polar surface area (TPSA) is 49.9 Å². The standard InChI is InChI=1S/C16H24N2O3/c19-15(17-7-3-4-8-17)13-5-1-2-6-14(13)16(20)18-9-11-21-12-10-18/h1-2,13-14H,3-12H2. The fourth-order valence-corrected chi connectivity index (χ4v) is 3.55. The number of rotatable bonds is 2. The molecule has 2 heterocycles. The average molecular weight is 292 g/mol. The molecule has 3 rings (SSSR count). The van der Waals surface area contributed by atoms with Crippen molar-refractivity contribution < 1.29 is 14.3 Å². The van der Waals surface area contributed by atoms with Gasteiger partial charge in [-0.15, -0.1) is 0 Å². The fraction of sp³-hybridized carbons (Fsp3) is 0.750. The second-order valence-corrected chi connectivity index (χ2v) is 6.13. The average Bonchev–Trinajstić information content (AvgIpc) is 3.09. The highest BCUT2D eigenvalue weighted by Crippen LogP contribution is 2.30. The lowest BCUT2D eigenvalue weighted by Crippen LogP contribution is -2.48. The third-order valence-corrected chi connectivity index (χ3v) is 4.81. The Hall–Kier alpha value is -1.36. The van der Waals surface area contributed by atoms with Crippen LogP contribution in [0, 0.1) is 11.8 Å². The molecule has 0 aromatic carbocycles. The Morgan fingerprint density at radius 3 is 1.81 bits per heavy atom. The first kappa shape index (κ1) is 14.6. The van der Waals surface area contributed by atoms with E-state index in [-0.39, 0.29) is 23.7 Å². The molecule has 5 heteroatoms. The SMILES string of the molecule is O=C(C1CC=CCC1C(=O)N1CCOCC1)N1CCCC1.